The van der Waals surface area contributed by atoms with Crippen molar-refractivity contribution in [1.82, 2.24) is 4.98 Å². The third kappa shape index (κ3) is 3.81. The van der Waals surface area contributed by atoms with Gasteiger partial charge in [-0.15, -0.1) is 0 Å². The number of hydrogen-bond donors (Lipinski definition) is 1. The molecule has 0 radical (unpaired) electrons. The Morgan fingerprint density at radius 2 is 2.04 bits per heavy atom. The normalized spacial score (nSPS) is 21.0. The molecule has 25 heavy (non-hydrogen) atoms. The molecule has 2 aliphatic heterocycles. The lowest BCUT2D eigenvalue weighted by Gasteiger charge is -2.29. The van der Waals surface area contributed by atoms with Crippen LogP contribution in [0, 0.1) is 12.8 Å². The van der Waals surface area contributed by atoms with Crippen molar-refractivity contribution in [3.8, 4) is 10.4 Å². The monoisotopic (exact) mass is 359 g/mol. The number of nitrogen functional groups attached to an aromatic ring is 1. The first-order valence-electron chi connectivity index (χ1n) is 8.97. The van der Waals surface area contributed by atoms with Crippen LogP contribution < -0.4 is 10.6 Å². The Morgan fingerprint density at radius 3 is 2.72 bits per heavy atom. The van der Waals surface area contributed by atoms with Crippen molar-refractivity contribution in [1.29, 1.82) is 0 Å². The van der Waals surface area contributed by atoms with E-state index in [2.05, 4.69) is 28.1 Å². The number of benzene rings is 1. The molecule has 2 fully saturated rings. The first kappa shape index (κ1) is 16.8. The molecular formula is C19H25N3O2S. The Labute approximate surface area is 152 Å². The highest BCUT2D eigenvalue weighted by Crippen LogP contribution is 2.35. The van der Waals surface area contributed by atoms with Crippen molar-refractivity contribution >= 4 is 22.2 Å². The van der Waals surface area contributed by atoms with Crippen molar-refractivity contribution in [2.24, 2.45) is 5.92 Å². The van der Waals surface area contributed by atoms with Gasteiger partial charge < -0.3 is 20.1 Å². The number of aryl methyl sites for hydroxylation is 1. The molecule has 0 bridgehead atoms. The molecular weight excluding hydrogens is 334 g/mol. The molecule has 1 atom stereocenters. The molecule has 5 nitrogen and oxygen atoms in total. The molecule has 3 heterocycles. The number of hydrogen-bond acceptors (Lipinski definition) is 6. The smallest absolute Gasteiger partial charge is 0.180 e. The van der Waals surface area contributed by atoms with Crippen LogP contribution in [0.25, 0.3) is 10.4 Å². The van der Waals surface area contributed by atoms with Gasteiger partial charge in [0.1, 0.15) is 0 Å². The van der Waals surface area contributed by atoms with E-state index in [9.17, 15) is 0 Å². The van der Waals surface area contributed by atoms with E-state index in [0.717, 1.165) is 58.1 Å². The predicted octanol–water partition coefficient (Wildman–Crippen LogP) is 3.12. The number of ether oxygens (including phenoxy) is 2. The predicted molar refractivity (Wildman–Crippen MR) is 102 cm³/mol. The molecule has 2 aromatic rings. The van der Waals surface area contributed by atoms with Crippen LogP contribution in [0.5, 0.6) is 0 Å². The Bertz CT molecular complexity index is 734. The van der Waals surface area contributed by atoms with E-state index in [0.29, 0.717) is 11.0 Å². The van der Waals surface area contributed by atoms with E-state index in [4.69, 9.17) is 15.2 Å². The highest BCUT2D eigenvalue weighted by atomic mass is 32.1. The number of anilines is 2. The zero-order valence-electron chi connectivity index (χ0n) is 14.7. The van der Waals surface area contributed by atoms with Crippen LogP contribution in [-0.2, 0) is 15.9 Å². The minimum Gasteiger partial charge on any atom is -0.381 e. The van der Waals surface area contributed by atoms with Crippen molar-refractivity contribution in [3.05, 3.63) is 29.5 Å². The van der Waals surface area contributed by atoms with E-state index in [1.165, 1.54) is 21.7 Å². The summed E-state index contributed by atoms with van der Waals surface area (Å²) in [7, 11) is 0. The van der Waals surface area contributed by atoms with Gasteiger partial charge in [-0.05, 0) is 48.9 Å². The number of rotatable bonds is 4. The Balaban J connectivity index is 1.69. The second kappa shape index (κ2) is 7.32. The van der Waals surface area contributed by atoms with Gasteiger partial charge in [-0.3, -0.25) is 0 Å². The molecule has 6 heteroatoms. The maximum Gasteiger partial charge on any atom is 0.180 e. The summed E-state index contributed by atoms with van der Waals surface area (Å²) in [6.07, 6.45) is 2.22. The molecule has 1 unspecified atom stereocenters. The van der Waals surface area contributed by atoms with E-state index < -0.39 is 0 Å². The largest absolute Gasteiger partial charge is 0.381 e. The van der Waals surface area contributed by atoms with Crippen LogP contribution in [0.2, 0.25) is 0 Å². The minimum absolute atomic E-state index is 0.625. The van der Waals surface area contributed by atoms with Gasteiger partial charge in [-0.25, -0.2) is 4.98 Å². The maximum atomic E-state index is 5.93. The quantitative estimate of drug-likeness (QED) is 0.909. The lowest BCUT2D eigenvalue weighted by molar-refractivity contribution is 0.122. The average Bonchev–Trinajstić information content (AvgIpc) is 3.24. The highest BCUT2D eigenvalue weighted by molar-refractivity contribution is 7.18. The average molecular weight is 359 g/mol. The summed E-state index contributed by atoms with van der Waals surface area (Å²) in [4.78, 5) is 8.00. The summed E-state index contributed by atoms with van der Waals surface area (Å²) < 4.78 is 11.1. The number of thiazole rings is 1. The van der Waals surface area contributed by atoms with Crippen molar-refractivity contribution in [2.75, 3.05) is 50.2 Å². The molecule has 134 valence electrons. The Morgan fingerprint density at radius 1 is 1.20 bits per heavy atom. The number of nitrogens with zero attached hydrogens (tertiary/aromatic N) is 2. The molecule has 0 spiro atoms. The summed E-state index contributed by atoms with van der Waals surface area (Å²) >= 11 is 1.57. The number of aromatic nitrogens is 1. The fourth-order valence-corrected chi connectivity index (χ4v) is 4.51. The van der Waals surface area contributed by atoms with Gasteiger partial charge in [0.05, 0.1) is 23.8 Å². The Kier molecular flexibility index (Phi) is 4.92. The van der Waals surface area contributed by atoms with Crippen LogP contribution in [0.3, 0.4) is 0 Å². The van der Waals surface area contributed by atoms with Crippen LogP contribution in [0.15, 0.2) is 18.2 Å². The lowest BCUT2D eigenvalue weighted by Crippen LogP contribution is -2.36. The molecule has 0 amide bonds. The van der Waals surface area contributed by atoms with E-state index >= 15 is 0 Å². The SMILES string of the molecule is Cc1nc(N)sc1-c1cc(CC2CCOC2)cc(N2CCOCC2)c1. The third-order valence-electron chi connectivity index (χ3n) is 4.98. The zero-order chi connectivity index (χ0) is 17.2. The molecule has 1 aromatic heterocycles. The van der Waals surface area contributed by atoms with Gasteiger partial charge in [0.2, 0.25) is 0 Å². The topological polar surface area (TPSA) is 60.6 Å². The third-order valence-corrected chi connectivity index (χ3v) is 6.01. The van der Waals surface area contributed by atoms with Crippen LogP contribution in [0.4, 0.5) is 10.8 Å². The molecule has 0 saturated carbocycles. The molecule has 2 N–H and O–H groups in total. The molecule has 1 aromatic carbocycles. The second-order valence-electron chi connectivity index (χ2n) is 6.89. The van der Waals surface area contributed by atoms with Crippen molar-refractivity contribution in [2.45, 2.75) is 19.8 Å². The number of nitrogens with two attached hydrogens (primary N) is 1. The maximum absolute atomic E-state index is 5.93. The summed E-state index contributed by atoms with van der Waals surface area (Å²) in [5.74, 6) is 0.625. The van der Waals surface area contributed by atoms with Gasteiger partial charge in [0.15, 0.2) is 5.13 Å². The van der Waals surface area contributed by atoms with Crippen LogP contribution in [0.1, 0.15) is 17.7 Å². The fourth-order valence-electron chi connectivity index (χ4n) is 3.69. The van der Waals surface area contributed by atoms with Gasteiger partial charge in [0, 0.05) is 32.0 Å². The van der Waals surface area contributed by atoms with Gasteiger partial charge in [-0.1, -0.05) is 17.4 Å². The molecule has 0 aliphatic carbocycles. The summed E-state index contributed by atoms with van der Waals surface area (Å²) in [5.41, 5.74) is 10.8. The fraction of sp³-hybridized carbons (Fsp3) is 0.526. The minimum atomic E-state index is 0.625. The first-order chi connectivity index (χ1) is 12.2. The molecule has 4 rings (SSSR count). The van der Waals surface area contributed by atoms with E-state index in [-0.39, 0.29) is 0 Å². The molecule has 2 saturated heterocycles. The zero-order valence-corrected chi connectivity index (χ0v) is 15.5. The highest BCUT2D eigenvalue weighted by Gasteiger charge is 2.19. The summed E-state index contributed by atoms with van der Waals surface area (Å²) in [5, 5.41) is 0.634. The van der Waals surface area contributed by atoms with Crippen LogP contribution in [-0.4, -0.2) is 44.5 Å². The lowest BCUT2D eigenvalue weighted by atomic mass is 9.96. The van der Waals surface area contributed by atoms with Gasteiger partial charge >= 0.3 is 0 Å². The van der Waals surface area contributed by atoms with Crippen molar-refractivity contribution < 1.29 is 9.47 Å². The molecule has 2 aliphatic rings. The van der Waals surface area contributed by atoms with E-state index in [1.54, 1.807) is 11.3 Å². The van der Waals surface area contributed by atoms with Crippen molar-refractivity contribution in [3.63, 3.8) is 0 Å². The van der Waals surface area contributed by atoms with Gasteiger partial charge in [0.25, 0.3) is 0 Å². The first-order valence-corrected chi connectivity index (χ1v) is 9.78. The standard InChI is InChI=1S/C19H25N3O2S/c1-13-18(25-19(20)21-13)16-9-15(8-14-2-5-24-12-14)10-17(11-16)22-3-6-23-7-4-22/h9-11,14H,2-8,12H2,1H3,(H2,20,21). The summed E-state index contributed by atoms with van der Waals surface area (Å²) in [6.45, 7) is 7.28. The van der Waals surface area contributed by atoms with Crippen LogP contribution >= 0.6 is 11.3 Å². The Hall–Kier alpha value is -1.63. The van der Waals surface area contributed by atoms with Gasteiger partial charge in [-0.2, -0.15) is 0 Å². The summed E-state index contributed by atoms with van der Waals surface area (Å²) in [6, 6.07) is 6.93. The number of morpholine rings is 1. The second-order valence-corrected chi connectivity index (χ2v) is 7.92. The van der Waals surface area contributed by atoms with E-state index in [1.807, 2.05) is 6.92 Å².